The molecule has 2 heterocycles. The van der Waals surface area contributed by atoms with Crippen molar-refractivity contribution in [2.45, 2.75) is 11.0 Å². The molecule has 0 aliphatic heterocycles. The van der Waals surface area contributed by atoms with Gasteiger partial charge in [-0.05, 0) is 18.2 Å². The van der Waals surface area contributed by atoms with E-state index in [1.807, 2.05) is 36.4 Å². The fourth-order valence-electron chi connectivity index (χ4n) is 2.59. The van der Waals surface area contributed by atoms with Crippen LogP contribution in [0.2, 0.25) is 0 Å². The second kappa shape index (κ2) is 8.18. The number of hydrogen-bond acceptors (Lipinski definition) is 8. The van der Waals surface area contributed by atoms with Crippen LogP contribution in [-0.4, -0.2) is 29.4 Å². The lowest BCUT2D eigenvalue weighted by atomic mass is 10.2. The number of thioether (sulfide) groups is 1. The molecule has 0 saturated carbocycles. The Labute approximate surface area is 165 Å². The maximum atomic E-state index is 5.79. The van der Waals surface area contributed by atoms with Crippen LogP contribution in [0, 0.1) is 0 Å². The highest BCUT2D eigenvalue weighted by Crippen LogP contribution is 2.33. The van der Waals surface area contributed by atoms with Crippen molar-refractivity contribution in [2.24, 2.45) is 0 Å². The van der Waals surface area contributed by atoms with Crippen molar-refractivity contribution in [2.75, 3.05) is 14.2 Å². The third-order valence-corrected chi connectivity index (χ3v) is 4.77. The minimum absolute atomic E-state index is 0.404. The van der Waals surface area contributed by atoms with E-state index in [-0.39, 0.29) is 0 Å². The molecule has 0 bridgehead atoms. The van der Waals surface area contributed by atoms with Crippen LogP contribution >= 0.6 is 11.8 Å². The number of hydrogen-bond donors (Lipinski definition) is 0. The second-order valence-electron chi connectivity index (χ2n) is 5.72. The van der Waals surface area contributed by atoms with E-state index in [0.29, 0.717) is 34.3 Å². The Hall–Kier alpha value is -3.26. The summed E-state index contributed by atoms with van der Waals surface area (Å²) >= 11 is 1.36. The zero-order valence-corrected chi connectivity index (χ0v) is 16.1. The topological polar surface area (TPSA) is 83.4 Å². The number of nitrogens with zero attached hydrogens (tertiary/aromatic N) is 3. The lowest BCUT2D eigenvalue weighted by Gasteiger charge is -2.07. The van der Waals surface area contributed by atoms with Gasteiger partial charge < -0.3 is 18.3 Å². The van der Waals surface area contributed by atoms with Gasteiger partial charge in [-0.3, -0.25) is 0 Å². The molecule has 0 unspecified atom stereocenters. The molecule has 0 fully saturated rings. The van der Waals surface area contributed by atoms with Gasteiger partial charge in [-0.15, -0.1) is 10.2 Å². The fourth-order valence-corrected chi connectivity index (χ4v) is 3.21. The van der Waals surface area contributed by atoms with Gasteiger partial charge in [-0.1, -0.05) is 42.1 Å². The summed E-state index contributed by atoms with van der Waals surface area (Å²) in [5, 5.41) is 8.61. The van der Waals surface area contributed by atoms with E-state index >= 15 is 0 Å². The summed E-state index contributed by atoms with van der Waals surface area (Å²) < 4.78 is 22.1. The molecule has 28 heavy (non-hydrogen) atoms. The van der Waals surface area contributed by atoms with Gasteiger partial charge in [0.1, 0.15) is 0 Å². The maximum Gasteiger partial charge on any atom is 0.277 e. The molecule has 0 radical (unpaired) electrons. The second-order valence-corrected chi connectivity index (χ2v) is 6.64. The van der Waals surface area contributed by atoms with Crippen LogP contribution in [0.1, 0.15) is 5.89 Å². The first-order valence-corrected chi connectivity index (χ1v) is 9.44. The Morgan fingerprint density at radius 3 is 2.50 bits per heavy atom. The zero-order valence-electron chi connectivity index (χ0n) is 15.3. The van der Waals surface area contributed by atoms with Crippen LogP contribution in [0.15, 0.2) is 68.8 Å². The van der Waals surface area contributed by atoms with E-state index in [4.69, 9.17) is 18.3 Å². The van der Waals surface area contributed by atoms with Crippen LogP contribution in [0.25, 0.3) is 22.8 Å². The minimum Gasteiger partial charge on any atom is -0.493 e. The van der Waals surface area contributed by atoms with E-state index in [0.717, 1.165) is 16.9 Å². The molecule has 2 aromatic carbocycles. The van der Waals surface area contributed by atoms with Gasteiger partial charge in [0.25, 0.3) is 5.22 Å². The largest absolute Gasteiger partial charge is 0.493 e. The Morgan fingerprint density at radius 2 is 1.71 bits per heavy atom. The smallest absolute Gasteiger partial charge is 0.277 e. The molecule has 0 aliphatic carbocycles. The van der Waals surface area contributed by atoms with Crippen molar-refractivity contribution in [3.8, 4) is 34.3 Å². The molecule has 8 heteroatoms. The predicted octanol–water partition coefficient (Wildman–Crippen LogP) is 4.70. The molecule has 0 aliphatic rings. The molecule has 0 N–H and O–H groups in total. The Morgan fingerprint density at radius 1 is 0.893 bits per heavy atom. The molecular formula is C20H17N3O4S. The third-order valence-electron chi connectivity index (χ3n) is 3.97. The number of oxazole rings is 1. The van der Waals surface area contributed by atoms with Crippen LogP contribution in [-0.2, 0) is 5.75 Å². The van der Waals surface area contributed by atoms with Gasteiger partial charge >= 0.3 is 0 Å². The number of aromatic nitrogens is 3. The summed E-state index contributed by atoms with van der Waals surface area (Å²) in [6.07, 6.45) is 1.72. The number of methoxy groups -OCH3 is 2. The number of benzene rings is 2. The summed E-state index contributed by atoms with van der Waals surface area (Å²) in [4.78, 5) is 4.31. The van der Waals surface area contributed by atoms with Crippen LogP contribution < -0.4 is 9.47 Å². The Balaban J connectivity index is 1.44. The summed E-state index contributed by atoms with van der Waals surface area (Å²) in [7, 11) is 3.17. The SMILES string of the molecule is COc1ccc(-c2nnc(SCc3ncc(-c4ccccc4)o3)o2)cc1OC. The van der Waals surface area contributed by atoms with Crippen LogP contribution in [0.4, 0.5) is 0 Å². The van der Waals surface area contributed by atoms with Crippen molar-refractivity contribution in [3.63, 3.8) is 0 Å². The lowest BCUT2D eigenvalue weighted by molar-refractivity contribution is 0.355. The molecule has 4 rings (SSSR count). The normalized spacial score (nSPS) is 10.8. The molecule has 142 valence electrons. The highest BCUT2D eigenvalue weighted by molar-refractivity contribution is 7.98. The van der Waals surface area contributed by atoms with E-state index in [1.165, 1.54) is 11.8 Å². The Kier molecular flexibility index (Phi) is 5.29. The van der Waals surface area contributed by atoms with Gasteiger partial charge in [0.05, 0.1) is 26.2 Å². The summed E-state index contributed by atoms with van der Waals surface area (Å²) in [6, 6.07) is 15.3. The van der Waals surface area contributed by atoms with Crippen molar-refractivity contribution in [1.82, 2.24) is 15.2 Å². The van der Waals surface area contributed by atoms with Gasteiger partial charge in [0.15, 0.2) is 17.3 Å². The van der Waals surface area contributed by atoms with Crippen LogP contribution in [0.3, 0.4) is 0 Å². The van der Waals surface area contributed by atoms with Crippen molar-refractivity contribution in [3.05, 3.63) is 60.6 Å². The predicted molar refractivity (Wildman–Crippen MR) is 104 cm³/mol. The van der Waals surface area contributed by atoms with E-state index in [2.05, 4.69) is 15.2 Å². The average Bonchev–Trinajstić information content (AvgIpc) is 3.42. The average molecular weight is 395 g/mol. The molecule has 0 spiro atoms. The summed E-state index contributed by atoms with van der Waals surface area (Å²) in [6.45, 7) is 0. The Bertz CT molecular complexity index is 1060. The van der Waals surface area contributed by atoms with Crippen molar-refractivity contribution in [1.29, 1.82) is 0 Å². The molecule has 0 atom stereocenters. The first kappa shape index (κ1) is 18.1. The van der Waals surface area contributed by atoms with Gasteiger partial charge in [0.2, 0.25) is 11.8 Å². The van der Waals surface area contributed by atoms with E-state index in [1.54, 1.807) is 32.5 Å². The summed E-state index contributed by atoms with van der Waals surface area (Å²) in [5.74, 6) is 3.45. The molecular weight excluding hydrogens is 378 g/mol. The van der Waals surface area contributed by atoms with Crippen molar-refractivity contribution >= 4 is 11.8 Å². The number of ether oxygens (including phenoxy) is 2. The highest BCUT2D eigenvalue weighted by Gasteiger charge is 2.14. The highest BCUT2D eigenvalue weighted by atomic mass is 32.2. The number of rotatable bonds is 7. The third kappa shape index (κ3) is 3.86. The molecule has 7 nitrogen and oxygen atoms in total. The zero-order chi connectivity index (χ0) is 19.3. The standard InChI is InChI=1S/C20H17N3O4S/c1-24-15-9-8-14(10-16(15)25-2)19-22-23-20(27-19)28-12-18-21-11-17(26-18)13-6-4-3-5-7-13/h3-11H,12H2,1-2H3. The first-order chi connectivity index (χ1) is 13.8. The maximum absolute atomic E-state index is 5.79. The van der Waals surface area contributed by atoms with Crippen molar-refractivity contribution < 1.29 is 18.3 Å². The quantitative estimate of drug-likeness (QED) is 0.416. The monoisotopic (exact) mass is 395 g/mol. The summed E-state index contributed by atoms with van der Waals surface area (Å²) in [5.41, 5.74) is 1.74. The van der Waals surface area contributed by atoms with E-state index in [9.17, 15) is 0 Å². The molecule has 4 aromatic rings. The first-order valence-electron chi connectivity index (χ1n) is 8.45. The lowest BCUT2D eigenvalue weighted by Crippen LogP contribution is -1.90. The molecule has 0 saturated heterocycles. The minimum atomic E-state index is 0.404. The van der Waals surface area contributed by atoms with Gasteiger partial charge in [-0.25, -0.2) is 4.98 Å². The van der Waals surface area contributed by atoms with E-state index < -0.39 is 0 Å². The van der Waals surface area contributed by atoms with Crippen LogP contribution in [0.5, 0.6) is 11.5 Å². The van der Waals surface area contributed by atoms with Gasteiger partial charge in [-0.2, -0.15) is 0 Å². The van der Waals surface area contributed by atoms with Gasteiger partial charge in [0, 0.05) is 11.1 Å². The fraction of sp³-hybridized carbons (Fsp3) is 0.150. The molecule has 0 amide bonds. The molecule has 2 aromatic heterocycles.